The van der Waals surface area contributed by atoms with Crippen molar-refractivity contribution in [3.05, 3.63) is 30.1 Å². The molecule has 3 nitrogen and oxygen atoms in total. The number of H-pyrrole nitrogens is 1. The van der Waals surface area contributed by atoms with Gasteiger partial charge in [-0.2, -0.15) is 12.6 Å². The molecule has 1 heterocycles. The van der Waals surface area contributed by atoms with Gasteiger partial charge in [-0.3, -0.25) is 0 Å². The molecule has 2 aromatic rings. The number of nitrogens with zero attached hydrogens (tertiary/aromatic N) is 2. The van der Waals surface area contributed by atoms with E-state index in [0.717, 1.165) is 29.9 Å². The van der Waals surface area contributed by atoms with Gasteiger partial charge in [0.05, 0.1) is 17.4 Å². The molecule has 1 aromatic heterocycles. The molecule has 0 atom stereocenters. The lowest BCUT2D eigenvalue weighted by molar-refractivity contribution is 0.349. The van der Waals surface area contributed by atoms with Crippen molar-refractivity contribution in [1.29, 1.82) is 0 Å². The lowest BCUT2D eigenvalue weighted by atomic mass is 10.2. The minimum absolute atomic E-state index is 0.892. The van der Waals surface area contributed by atoms with Crippen molar-refractivity contribution in [3.63, 3.8) is 0 Å². The second-order valence-corrected chi connectivity index (χ2v) is 4.16. The van der Waals surface area contributed by atoms with E-state index in [2.05, 4.69) is 52.7 Å². The monoisotopic (exact) mass is 221 g/mol. The Morgan fingerprint density at radius 2 is 2.33 bits per heavy atom. The molecule has 0 aliphatic carbocycles. The van der Waals surface area contributed by atoms with E-state index >= 15 is 0 Å². The zero-order chi connectivity index (χ0) is 10.7. The lowest BCUT2D eigenvalue weighted by Gasteiger charge is -2.14. The SMILES string of the molecule is CN(CCS)Cc1ccc2nc[nH]c2c1. The molecule has 0 saturated heterocycles. The van der Waals surface area contributed by atoms with Gasteiger partial charge in [0, 0.05) is 18.8 Å². The van der Waals surface area contributed by atoms with Crippen LogP contribution in [0.2, 0.25) is 0 Å². The smallest absolute Gasteiger partial charge is 0.0931 e. The van der Waals surface area contributed by atoms with E-state index in [0.29, 0.717) is 0 Å². The number of benzene rings is 1. The van der Waals surface area contributed by atoms with Crippen LogP contribution in [0.15, 0.2) is 24.5 Å². The van der Waals surface area contributed by atoms with Crippen LogP contribution in [0.25, 0.3) is 11.0 Å². The second-order valence-electron chi connectivity index (χ2n) is 3.72. The fraction of sp³-hybridized carbons (Fsp3) is 0.364. The summed E-state index contributed by atoms with van der Waals surface area (Å²) in [5.74, 6) is 0.892. The van der Waals surface area contributed by atoms with Crippen LogP contribution < -0.4 is 0 Å². The predicted octanol–water partition coefficient (Wildman–Crippen LogP) is 1.92. The van der Waals surface area contributed by atoms with E-state index in [1.54, 1.807) is 6.33 Å². The highest BCUT2D eigenvalue weighted by molar-refractivity contribution is 7.80. The maximum Gasteiger partial charge on any atom is 0.0931 e. The summed E-state index contributed by atoms with van der Waals surface area (Å²) in [7, 11) is 2.10. The number of aromatic nitrogens is 2. The summed E-state index contributed by atoms with van der Waals surface area (Å²) >= 11 is 4.22. The first-order valence-corrected chi connectivity index (χ1v) is 5.64. The molecule has 0 saturated carbocycles. The van der Waals surface area contributed by atoms with Gasteiger partial charge in [-0.1, -0.05) is 6.07 Å². The maximum atomic E-state index is 4.22. The van der Waals surface area contributed by atoms with E-state index in [-0.39, 0.29) is 0 Å². The van der Waals surface area contributed by atoms with Gasteiger partial charge in [-0.05, 0) is 24.7 Å². The van der Waals surface area contributed by atoms with Crippen LogP contribution in [-0.2, 0) is 6.54 Å². The van der Waals surface area contributed by atoms with Crippen molar-refractivity contribution in [2.45, 2.75) is 6.54 Å². The van der Waals surface area contributed by atoms with Gasteiger partial charge >= 0.3 is 0 Å². The molecule has 15 heavy (non-hydrogen) atoms. The van der Waals surface area contributed by atoms with E-state index < -0.39 is 0 Å². The Morgan fingerprint density at radius 1 is 1.47 bits per heavy atom. The number of nitrogens with one attached hydrogen (secondary N) is 1. The summed E-state index contributed by atoms with van der Waals surface area (Å²) in [6.45, 7) is 1.96. The van der Waals surface area contributed by atoms with Gasteiger partial charge in [-0.15, -0.1) is 0 Å². The number of rotatable bonds is 4. The molecule has 0 aliphatic heterocycles. The van der Waals surface area contributed by atoms with E-state index in [9.17, 15) is 0 Å². The van der Waals surface area contributed by atoms with Gasteiger partial charge in [0.15, 0.2) is 0 Å². The third-order valence-electron chi connectivity index (χ3n) is 2.42. The molecule has 1 N–H and O–H groups in total. The standard InChI is InChI=1S/C11H15N3S/c1-14(4-5-15)7-9-2-3-10-11(6-9)13-8-12-10/h2-3,6,8,15H,4-5,7H2,1H3,(H,12,13). The topological polar surface area (TPSA) is 31.9 Å². The van der Waals surface area contributed by atoms with Gasteiger partial charge in [0.1, 0.15) is 0 Å². The molecule has 0 radical (unpaired) electrons. The second kappa shape index (κ2) is 4.68. The normalized spacial score (nSPS) is 11.4. The Labute approximate surface area is 94.9 Å². The summed E-state index contributed by atoms with van der Waals surface area (Å²) < 4.78 is 0. The van der Waals surface area contributed by atoms with Crippen molar-refractivity contribution < 1.29 is 0 Å². The Bertz CT molecular complexity index is 438. The predicted molar refractivity (Wildman–Crippen MR) is 66.3 cm³/mol. The Kier molecular flexibility index (Phi) is 3.28. The molecule has 0 bridgehead atoms. The summed E-state index contributed by atoms with van der Waals surface area (Å²) in [4.78, 5) is 9.57. The van der Waals surface area contributed by atoms with Gasteiger partial charge < -0.3 is 9.88 Å². The molecule has 0 amide bonds. The number of hydrogen-bond acceptors (Lipinski definition) is 3. The molecule has 4 heteroatoms. The number of hydrogen-bond donors (Lipinski definition) is 2. The number of aromatic amines is 1. The zero-order valence-corrected chi connectivity index (χ0v) is 9.67. The van der Waals surface area contributed by atoms with Crippen LogP contribution in [-0.4, -0.2) is 34.2 Å². The van der Waals surface area contributed by atoms with Crippen molar-refractivity contribution in [3.8, 4) is 0 Å². The first-order valence-electron chi connectivity index (χ1n) is 5.01. The van der Waals surface area contributed by atoms with Gasteiger partial charge in [0.25, 0.3) is 0 Å². The quantitative estimate of drug-likeness (QED) is 0.773. The van der Waals surface area contributed by atoms with Crippen LogP contribution >= 0.6 is 12.6 Å². The van der Waals surface area contributed by atoms with Crippen molar-refractivity contribution >= 4 is 23.7 Å². The van der Waals surface area contributed by atoms with E-state index in [1.807, 2.05) is 0 Å². The van der Waals surface area contributed by atoms with Crippen LogP contribution in [0.3, 0.4) is 0 Å². The summed E-state index contributed by atoms with van der Waals surface area (Å²) in [5.41, 5.74) is 3.43. The first kappa shape index (κ1) is 10.5. The third kappa shape index (κ3) is 2.52. The van der Waals surface area contributed by atoms with Crippen molar-refractivity contribution in [1.82, 2.24) is 14.9 Å². The Morgan fingerprint density at radius 3 is 3.13 bits per heavy atom. The summed E-state index contributed by atoms with van der Waals surface area (Å²) in [5, 5.41) is 0. The highest BCUT2D eigenvalue weighted by atomic mass is 32.1. The van der Waals surface area contributed by atoms with Crippen molar-refractivity contribution in [2.75, 3.05) is 19.3 Å². The zero-order valence-electron chi connectivity index (χ0n) is 8.77. The largest absolute Gasteiger partial charge is 0.345 e. The Balaban J connectivity index is 2.14. The van der Waals surface area contributed by atoms with Crippen LogP contribution in [0.4, 0.5) is 0 Å². The molecule has 0 spiro atoms. The summed E-state index contributed by atoms with van der Waals surface area (Å²) in [6.07, 6.45) is 1.73. The average Bonchev–Trinajstić information content (AvgIpc) is 2.65. The minimum Gasteiger partial charge on any atom is -0.345 e. The number of fused-ring (bicyclic) bond motifs is 1. The number of imidazole rings is 1. The van der Waals surface area contributed by atoms with Gasteiger partial charge in [-0.25, -0.2) is 4.98 Å². The fourth-order valence-electron chi connectivity index (χ4n) is 1.64. The van der Waals surface area contributed by atoms with Crippen LogP contribution in [0, 0.1) is 0 Å². The van der Waals surface area contributed by atoms with Gasteiger partial charge in [0.2, 0.25) is 0 Å². The highest BCUT2D eigenvalue weighted by Crippen LogP contribution is 2.12. The first-order chi connectivity index (χ1) is 7.29. The average molecular weight is 221 g/mol. The summed E-state index contributed by atoms with van der Waals surface area (Å²) in [6, 6.07) is 6.32. The fourth-order valence-corrected chi connectivity index (χ4v) is 1.98. The van der Waals surface area contributed by atoms with Crippen molar-refractivity contribution in [2.24, 2.45) is 0 Å². The highest BCUT2D eigenvalue weighted by Gasteiger charge is 2.01. The molecule has 0 aliphatic rings. The molecule has 2 rings (SSSR count). The molecular weight excluding hydrogens is 206 g/mol. The van der Waals surface area contributed by atoms with Crippen LogP contribution in [0.1, 0.15) is 5.56 Å². The molecule has 0 unspecified atom stereocenters. The lowest BCUT2D eigenvalue weighted by Crippen LogP contribution is -2.19. The van der Waals surface area contributed by atoms with E-state index in [4.69, 9.17) is 0 Å². The molecule has 1 aromatic carbocycles. The number of thiol groups is 1. The minimum atomic E-state index is 0.892. The van der Waals surface area contributed by atoms with Crippen LogP contribution in [0.5, 0.6) is 0 Å². The maximum absolute atomic E-state index is 4.22. The van der Waals surface area contributed by atoms with E-state index in [1.165, 1.54) is 5.56 Å². The Hall–Kier alpha value is -1.00. The molecule has 80 valence electrons. The molecular formula is C11H15N3S. The third-order valence-corrected chi connectivity index (χ3v) is 2.62. The molecule has 0 fully saturated rings.